The van der Waals surface area contributed by atoms with E-state index in [9.17, 15) is 9.18 Å². The molecular formula is C17H14FN3O2S2. The highest BCUT2D eigenvalue weighted by molar-refractivity contribution is 7.73. The molecule has 3 aromatic rings. The van der Waals surface area contributed by atoms with Crippen LogP contribution >= 0.6 is 23.6 Å². The standard InChI is InChI=1S/C17H14FN3O2S2/c18-14-8-6-12(7-9-14)10-21(15-19-20-16(24)25-15)17(22)23-11-13-4-2-1-3-5-13/h1-9H,10-11H2,(H,20,24). The van der Waals surface area contributed by atoms with E-state index in [1.54, 1.807) is 12.1 Å². The maximum absolute atomic E-state index is 13.1. The van der Waals surface area contributed by atoms with Crippen molar-refractivity contribution < 1.29 is 13.9 Å². The van der Waals surface area contributed by atoms with Crippen LogP contribution < -0.4 is 4.90 Å². The molecule has 0 saturated heterocycles. The lowest BCUT2D eigenvalue weighted by Crippen LogP contribution is -2.31. The molecular weight excluding hydrogens is 361 g/mol. The first-order chi connectivity index (χ1) is 12.1. The van der Waals surface area contributed by atoms with Gasteiger partial charge in [-0.1, -0.05) is 53.8 Å². The Bertz CT molecular complexity index is 894. The fraction of sp³-hybridized carbons (Fsp3) is 0.118. The lowest BCUT2D eigenvalue weighted by atomic mass is 10.2. The van der Waals surface area contributed by atoms with Gasteiger partial charge in [0.05, 0.1) is 6.54 Å². The van der Waals surface area contributed by atoms with Crippen LogP contribution in [0.15, 0.2) is 54.6 Å². The van der Waals surface area contributed by atoms with E-state index in [0.29, 0.717) is 9.09 Å². The molecule has 0 bridgehead atoms. The van der Waals surface area contributed by atoms with E-state index in [1.165, 1.54) is 28.4 Å². The molecule has 0 fully saturated rings. The second-order valence-corrected chi connectivity index (χ2v) is 6.79. The van der Waals surface area contributed by atoms with Crippen LogP contribution in [0.2, 0.25) is 0 Å². The third-order valence-corrected chi connectivity index (χ3v) is 4.45. The zero-order valence-corrected chi connectivity index (χ0v) is 14.6. The van der Waals surface area contributed by atoms with Gasteiger partial charge in [-0.15, -0.1) is 5.10 Å². The number of carbonyl (C=O) groups excluding carboxylic acids is 1. The number of halogens is 1. The van der Waals surface area contributed by atoms with Gasteiger partial charge in [-0.3, -0.25) is 5.10 Å². The normalized spacial score (nSPS) is 10.4. The van der Waals surface area contributed by atoms with Crippen LogP contribution in [0.3, 0.4) is 0 Å². The lowest BCUT2D eigenvalue weighted by Gasteiger charge is -2.19. The van der Waals surface area contributed by atoms with Crippen molar-refractivity contribution in [2.24, 2.45) is 0 Å². The van der Waals surface area contributed by atoms with E-state index < -0.39 is 6.09 Å². The number of benzene rings is 2. The lowest BCUT2D eigenvalue weighted by molar-refractivity contribution is 0.146. The van der Waals surface area contributed by atoms with Crippen molar-refractivity contribution in [2.45, 2.75) is 13.2 Å². The molecule has 0 spiro atoms. The van der Waals surface area contributed by atoms with Gasteiger partial charge in [-0.05, 0) is 35.5 Å². The molecule has 0 radical (unpaired) electrons. The topological polar surface area (TPSA) is 58.2 Å². The minimum Gasteiger partial charge on any atom is -0.444 e. The van der Waals surface area contributed by atoms with Crippen molar-refractivity contribution in [3.8, 4) is 0 Å². The van der Waals surface area contributed by atoms with Crippen LogP contribution in [0.25, 0.3) is 0 Å². The summed E-state index contributed by atoms with van der Waals surface area (Å²) in [6, 6.07) is 15.3. The second kappa shape index (κ2) is 8.00. The predicted octanol–water partition coefficient (Wildman–Crippen LogP) is 4.68. The predicted molar refractivity (Wildman–Crippen MR) is 96.5 cm³/mol. The zero-order chi connectivity index (χ0) is 17.6. The molecule has 1 N–H and O–H groups in total. The highest BCUT2D eigenvalue weighted by Crippen LogP contribution is 2.21. The summed E-state index contributed by atoms with van der Waals surface area (Å²) in [7, 11) is 0. The summed E-state index contributed by atoms with van der Waals surface area (Å²) < 4.78 is 18.9. The van der Waals surface area contributed by atoms with Gasteiger partial charge in [0, 0.05) is 0 Å². The van der Waals surface area contributed by atoms with Crippen LogP contribution in [-0.2, 0) is 17.9 Å². The number of hydrogen-bond donors (Lipinski definition) is 1. The molecule has 1 amide bonds. The van der Waals surface area contributed by atoms with E-state index in [2.05, 4.69) is 10.2 Å². The summed E-state index contributed by atoms with van der Waals surface area (Å²) in [5.41, 5.74) is 1.63. The van der Waals surface area contributed by atoms with Gasteiger partial charge in [0.1, 0.15) is 12.4 Å². The number of hydrogen-bond acceptors (Lipinski definition) is 5. The SMILES string of the molecule is O=C(OCc1ccccc1)N(Cc1ccc(F)cc1)c1n[nH]c(=S)s1. The number of carbonyl (C=O) groups is 1. The number of rotatable bonds is 5. The number of anilines is 1. The Labute approximate surface area is 152 Å². The molecule has 0 unspecified atom stereocenters. The molecule has 3 rings (SSSR count). The number of amides is 1. The Hall–Kier alpha value is -2.58. The quantitative estimate of drug-likeness (QED) is 0.658. The van der Waals surface area contributed by atoms with Crippen molar-refractivity contribution in [1.82, 2.24) is 10.2 Å². The summed E-state index contributed by atoms with van der Waals surface area (Å²) in [5.74, 6) is -0.336. The first kappa shape index (κ1) is 17.2. The van der Waals surface area contributed by atoms with Gasteiger partial charge < -0.3 is 4.74 Å². The molecule has 2 aromatic carbocycles. The molecule has 5 nitrogen and oxygen atoms in total. The molecule has 0 aliphatic rings. The number of ether oxygens (including phenoxy) is 1. The summed E-state index contributed by atoms with van der Waals surface area (Å²) in [4.78, 5) is 13.9. The van der Waals surface area contributed by atoms with Gasteiger partial charge in [-0.2, -0.15) is 0 Å². The van der Waals surface area contributed by atoms with Crippen LogP contribution in [0.5, 0.6) is 0 Å². The van der Waals surface area contributed by atoms with E-state index in [0.717, 1.165) is 11.1 Å². The van der Waals surface area contributed by atoms with Gasteiger partial charge >= 0.3 is 6.09 Å². The monoisotopic (exact) mass is 375 g/mol. The van der Waals surface area contributed by atoms with Crippen LogP contribution in [0.4, 0.5) is 14.3 Å². The molecule has 0 aliphatic carbocycles. The van der Waals surface area contributed by atoms with Crippen molar-refractivity contribution in [3.63, 3.8) is 0 Å². The van der Waals surface area contributed by atoms with E-state index >= 15 is 0 Å². The summed E-state index contributed by atoms with van der Waals surface area (Å²) in [6.07, 6.45) is -0.550. The Kier molecular flexibility index (Phi) is 5.52. The average molecular weight is 375 g/mol. The molecule has 1 aromatic heterocycles. The maximum Gasteiger partial charge on any atom is 0.416 e. The van der Waals surface area contributed by atoms with Crippen molar-refractivity contribution >= 4 is 34.8 Å². The number of H-pyrrole nitrogens is 1. The number of aromatic nitrogens is 2. The molecule has 0 atom stereocenters. The highest BCUT2D eigenvalue weighted by Gasteiger charge is 2.21. The van der Waals surface area contributed by atoms with Crippen LogP contribution in [0.1, 0.15) is 11.1 Å². The maximum atomic E-state index is 13.1. The number of aromatic amines is 1. The molecule has 25 heavy (non-hydrogen) atoms. The summed E-state index contributed by atoms with van der Waals surface area (Å²) in [5, 5.41) is 7.09. The summed E-state index contributed by atoms with van der Waals surface area (Å²) in [6.45, 7) is 0.347. The van der Waals surface area contributed by atoms with Crippen molar-refractivity contribution in [1.29, 1.82) is 0 Å². The first-order valence-electron chi connectivity index (χ1n) is 7.40. The Morgan fingerprint density at radius 1 is 1.16 bits per heavy atom. The molecule has 8 heteroatoms. The molecule has 0 saturated carbocycles. The van der Waals surface area contributed by atoms with Crippen LogP contribution in [-0.4, -0.2) is 16.3 Å². The van der Waals surface area contributed by atoms with Gasteiger partial charge in [0.2, 0.25) is 5.13 Å². The van der Waals surface area contributed by atoms with Crippen molar-refractivity contribution in [3.05, 3.63) is 75.5 Å². The van der Waals surface area contributed by atoms with Gasteiger partial charge in [-0.25, -0.2) is 14.1 Å². The minimum atomic E-state index is -0.550. The minimum absolute atomic E-state index is 0.148. The Balaban J connectivity index is 1.76. The zero-order valence-electron chi connectivity index (χ0n) is 13.0. The first-order valence-corrected chi connectivity index (χ1v) is 8.62. The van der Waals surface area contributed by atoms with E-state index in [1.807, 2.05) is 30.3 Å². The Morgan fingerprint density at radius 2 is 1.88 bits per heavy atom. The molecule has 0 aliphatic heterocycles. The van der Waals surface area contributed by atoms with Gasteiger partial charge in [0.15, 0.2) is 3.95 Å². The smallest absolute Gasteiger partial charge is 0.416 e. The largest absolute Gasteiger partial charge is 0.444 e. The summed E-state index contributed by atoms with van der Waals surface area (Å²) >= 11 is 6.20. The fourth-order valence-electron chi connectivity index (χ4n) is 2.12. The van der Waals surface area contributed by atoms with Crippen LogP contribution in [0, 0.1) is 9.77 Å². The highest BCUT2D eigenvalue weighted by atomic mass is 32.1. The molecule has 128 valence electrons. The van der Waals surface area contributed by atoms with E-state index in [-0.39, 0.29) is 19.0 Å². The second-order valence-electron chi connectivity index (χ2n) is 5.15. The Morgan fingerprint density at radius 3 is 2.52 bits per heavy atom. The van der Waals surface area contributed by atoms with Crippen molar-refractivity contribution in [2.75, 3.05) is 4.90 Å². The third-order valence-electron chi connectivity index (χ3n) is 3.34. The van der Waals surface area contributed by atoms with Gasteiger partial charge in [0.25, 0.3) is 0 Å². The fourth-order valence-corrected chi connectivity index (χ4v) is 2.98. The van der Waals surface area contributed by atoms with E-state index in [4.69, 9.17) is 17.0 Å². The number of nitrogens with one attached hydrogen (secondary N) is 1. The molecule has 1 heterocycles. The average Bonchev–Trinajstić information content (AvgIpc) is 3.06. The third kappa shape index (κ3) is 4.71. The number of nitrogens with zero attached hydrogens (tertiary/aromatic N) is 2.